The van der Waals surface area contributed by atoms with Gasteiger partial charge < -0.3 is 5.73 Å². The molecule has 76 valence electrons. The van der Waals surface area contributed by atoms with E-state index in [-0.39, 0.29) is 0 Å². The van der Waals surface area contributed by atoms with E-state index >= 15 is 0 Å². The lowest BCUT2D eigenvalue weighted by atomic mass is 10.3. The molecule has 15 heavy (non-hydrogen) atoms. The van der Waals surface area contributed by atoms with Crippen LogP contribution in [0.5, 0.6) is 0 Å². The third-order valence-corrected chi connectivity index (χ3v) is 2.87. The Bertz CT molecular complexity index is 666. The molecular formula is C9H8BrN5. The molecule has 5 nitrogen and oxygen atoms in total. The predicted octanol–water partition coefficient (Wildman–Crippen LogP) is 1.57. The van der Waals surface area contributed by atoms with Crippen LogP contribution in [0.25, 0.3) is 16.4 Å². The van der Waals surface area contributed by atoms with E-state index in [1.54, 1.807) is 15.4 Å². The molecule has 0 bridgehead atoms. The molecule has 3 aromatic heterocycles. The van der Waals surface area contributed by atoms with Gasteiger partial charge >= 0.3 is 0 Å². The molecular weight excluding hydrogens is 258 g/mol. The fraction of sp³-hybridized carbons (Fsp3) is 0.111. The highest BCUT2D eigenvalue weighted by Gasteiger charge is 2.11. The zero-order chi connectivity index (χ0) is 10.6. The summed E-state index contributed by atoms with van der Waals surface area (Å²) in [4.78, 5) is 0. The van der Waals surface area contributed by atoms with Crippen molar-refractivity contribution in [1.82, 2.24) is 19.4 Å². The van der Waals surface area contributed by atoms with E-state index < -0.39 is 0 Å². The van der Waals surface area contributed by atoms with Crippen LogP contribution < -0.4 is 5.73 Å². The Morgan fingerprint density at radius 1 is 1.47 bits per heavy atom. The van der Waals surface area contributed by atoms with Crippen molar-refractivity contribution < 1.29 is 0 Å². The van der Waals surface area contributed by atoms with Gasteiger partial charge in [0.2, 0.25) is 0 Å². The number of nitrogens with two attached hydrogens (primary N) is 1. The minimum absolute atomic E-state index is 0.514. The van der Waals surface area contributed by atoms with Crippen molar-refractivity contribution in [3.05, 3.63) is 22.9 Å². The molecule has 0 aliphatic rings. The zero-order valence-corrected chi connectivity index (χ0v) is 9.56. The quantitative estimate of drug-likeness (QED) is 0.671. The van der Waals surface area contributed by atoms with Crippen molar-refractivity contribution in [2.24, 2.45) is 7.05 Å². The normalized spacial score (nSPS) is 11.6. The number of halogens is 1. The maximum atomic E-state index is 5.78. The SMILES string of the molecule is Cn1nc(N)c2cnn3cc(Br)cc3c21. The van der Waals surface area contributed by atoms with Gasteiger partial charge in [-0.2, -0.15) is 10.2 Å². The first kappa shape index (κ1) is 8.72. The molecule has 0 radical (unpaired) electrons. The number of aryl methyl sites for hydroxylation is 1. The summed E-state index contributed by atoms with van der Waals surface area (Å²) in [6, 6.07) is 2.00. The molecule has 0 aliphatic heterocycles. The van der Waals surface area contributed by atoms with E-state index in [1.165, 1.54) is 0 Å². The second-order valence-electron chi connectivity index (χ2n) is 3.40. The predicted molar refractivity (Wildman–Crippen MR) is 61.6 cm³/mol. The summed E-state index contributed by atoms with van der Waals surface area (Å²) in [6.07, 6.45) is 3.63. The van der Waals surface area contributed by atoms with E-state index in [2.05, 4.69) is 26.1 Å². The van der Waals surface area contributed by atoms with Gasteiger partial charge in [-0.05, 0) is 22.0 Å². The molecule has 0 aromatic carbocycles. The smallest absolute Gasteiger partial charge is 0.155 e. The minimum atomic E-state index is 0.514. The molecule has 3 heterocycles. The number of hydrogen-bond donors (Lipinski definition) is 1. The molecule has 0 atom stereocenters. The fourth-order valence-corrected chi connectivity index (χ4v) is 2.22. The zero-order valence-electron chi connectivity index (χ0n) is 7.98. The van der Waals surface area contributed by atoms with E-state index in [9.17, 15) is 0 Å². The van der Waals surface area contributed by atoms with Gasteiger partial charge in [-0.15, -0.1) is 0 Å². The molecule has 2 N–H and O–H groups in total. The monoisotopic (exact) mass is 265 g/mol. The van der Waals surface area contributed by atoms with Gasteiger partial charge in [0, 0.05) is 17.7 Å². The molecule has 0 unspecified atom stereocenters. The molecule has 0 aliphatic carbocycles. The number of aromatic nitrogens is 4. The van der Waals surface area contributed by atoms with E-state index in [0.29, 0.717) is 5.82 Å². The summed E-state index contributed by atoms with van der Waals surface area (Å²) in [5.74, 6) is 0.514. The van der Waals surface area contributed by atoms with Crippen molar-refractivity contribution in [2.45, 2.75) is 0 Å². The second-order valence-corrected chi connectivity index (χ2v) is 4.32. The first-order valence-corrected chi connectivity index (χ1v) is 5.21. The Hall–Kier alpha value is -1.56. The number of hydrogen-bond acceptors (Lipinski definition) is 3. The first-order chi connectivity index (χ1) is 7.16. The number of rotatable bonds is 0. The lowest BCUT2D eigenvalue weighted by Crippen LogP contribution is -1.94. The summed E-state index contributed by atoms with van der Waals surface area (Å²) in [5, 5.41) is 9.32. The summed E-state index contributed by atoms with van der Waals surface area (Å²) in [5.41, 5.74) is 7.77. The van der Waals surface area contributed by atoms with Crippen LogP contribution in [0.2, 0.25) is 0 Å². The number of nitrogens with zero attached hydrogens (tertiary/aromatic N) is 4. The Kier molecular flexibility index (Phi) is 1.59. The topological polar surface area (TPSA) is 61.1 Å². The van der Waals surface area contributed by atoms with Gasteiger partial charge in [-0.3, -0.25) is 4.68 Å². The minimum Gasteiger partial charge on any atom is -0.382 e. The highest BCUT2D eigenvalue weighted by molar-refractivity contribution is 9.10. The highest BCUT2D eigenvalue weighted by Crippen LogP contribution is 2.25. The van der Waals surface area contributed by atoms with Crippen LogP contribution in [-0.4, -0.2) is 19.4 Å². The lowest BCUT2D eigenvalue weighted by Gasteiger charge is -1.97. The Balaban J connectivity index is 2.63. The van der Waals surface area contributed by atoms with Gasteiger partial charge in [0.15, 0.2) is 5.82 Å². The molecule has 3 rings (SSSR count). The van der Waals surface area contributed by atoms with Crippen molar-refractivity contribution >= 4 is 38.2 Å². The van der Waals surface area contributed by atoms with Gasteiger partial charge in [-0.25, -0.2) is 4.52 Å². The summed E-state index contributed by atoms with van der Waals surface area (Å²) in [7, 11) is 1.87. The molecule has 0 saturated heterocycles. The van der Waals surface area contributed by atoms with Crippen LogP contribution in [-0.2, 0) is 7.05 Å². The van der Waals surface area contributed by atoms with Crippen molar-refractivity contribution in [1.29, 1.82) is 0 Å². The van der Waals surface area contributed by atoms with Crippen molar-refractivity contribution in [3.63, 3.8) is 0 Å². The van der Waals surface area contributed by atoms with Gasteiger partial charge in [-0.1, -0.05) is 0 Å². The van der Waals surface area contributed by atoms with E-state index in [1.807, 2.05) is 19.3 Å². The largest absolute Gasteiger partial charge is 0.382 e. The maximum Gasteiger partial charge on any atom is 0.155 e. The molecule has 0 spiro atoms. The molecule has 0 amide bonds. The van der Waals surface area contributed by atoms with Crippen molar-refractivity contribution in [3.8, 4) is 0 Å². The van der Waals surface area contributed by atoms with E-state index in [0.717, 1.165) is 20.9 Å². The summed E-state index contributed by atoms with van der Waals surface area (Å²) < 4.78 is 4.56. The fourth-order valence-electron chi connectivity index (χ4n) is 1.80. The average Bonchev–Trinajstić information content (AvgIpc) is 2.66. The Morgan fingerprint density at radius 2 is 2.27 bits per heavy atom. The molecule has 6 heteroatoms. The van der Waals surface area contributed by atoms with Gasteiger partial charge in [0.1, 0.15) is 0 Å². The van der Waals surface area contributed by atoms with Crippen LogP contribution in [0.1, 0.15) is 0 Å². The van der Waals surface area contributed by atoms with Gasteiger partial charge in [0.05, 0.1) is 22.6 Å². The van der Waals surface area contributed by atoms with Crippen LogP contribution in [0, 0.1) is 0 Å². The third kappa shape index (κ3) is 1.08. The summed E-state index contributed by atoms with van der Waals surface area (Å²) in [6.45, 7) is 0. The molecule has 0 fully saturated rings. The standard InChI is InChI=1S/C9H8BrN5/c1-14-8-6(9(11)13-14)3-12-15-4-5(10)2-7(8)15/h2-4H,1H3,(H2,11,13). The number of anilines is 1. The molecule has 3 aromatic rings. The van der Waals surface area contributed by atoms with Crippen LogP contribution >= 0.6 is 15.9 Å². The molecule has 0 saturated carbocycles. The first-order valence-electron chi connectivity index (χ1n) is 4.42. The van der Waals surface area contributed by atoms with Gasteiger partial charge in [0.25, 0.3) is 0 Å². The van der Waals surface area contributed by atoms with Crippen LogP contribution in [0.4, 0.5) is 5.82 Å². The van der Waals surface area contributed by atoms with Crippen LogP contribution in [0.3, 0.4) is 0 Å². The lowest BCUT2D eigenvalue weighted by molar-refractivity contribution is 0.801. The summed E-state index contributed by atoms with van der Waals surface area (Å²) >= 11 is 3.42. The maximum absolute atomic E-state index is 5.78. The van der Waals surface area contributed by atoms with Crippen molar-refractivity contribution in [2.75, 3.05) is 5.73 Å². The Morgan fingerprint density at radius 3 is 3.07 bits per heavy atom. The Labute approximate surface area is 93.6 Å². The number of nitrogen functional groups attached to an aromatic ring is 1. The second kappa shape index (κ2) is 2.73. The number of fused-ring (bicyclic) bond motifs is 3. The third-order valence-electron chi connectivity index (χ3n) is 2.43. The van der Waals surface area contributed by atoms with Crippen LogP contribution in [0.15, 0.2) is 22.9 Å². The van der Waals surface area contributed by atoms with E-state index in [4.69, 9.17) is 5.73 Å². The average molecular weight is 266 g/mol. The highest BCUT2D eigenvalue weighted by atomic mass is 79.9.